The standard InChI is InChI=1S/C11H11ClF3N.ClH/c12-10-5-7(8-3-4-16-6-8)1-2-9(10)11(13,14)15;/h1-2,5,8,16H,3-4,6H2;1H. The van der Waals surface area contributed by atoms with Crippen LogP contribution < -0.4 is 5.32 Å². The van der Waals surface area contributed by atoms with Crippen LogP contribution in [0, 0.1) is 0 Å². The Balaban J connectivity index is 0.00000144. The van der Waals surface area contributed by atoms with E-state index in [0.717, 1.165) is 31.1 Å². The maximum absolute atomic E-state index is 12.5. The van der Waals surface area contributed by atoms with Crippen LogP contribution in [0.3, 0.4) is 0 Å². The molecule has 0 amide bonds. The second-order valence-electron chi connectivity index (χ2n) is 3.93. The molecule has 2 rings (SSSR count). The summed E-state index contributed by atoms with van der Waals surface area (Å²) in [5, 5.41) is 2.96. The van der Waals surface area contributed by atoms with Gasteiger partial charge >= 0.3 is 6.18 Å². The third-order valence-electron chi connectivity index (χ3n) is 2.83. The molecule has 1 aromatic carbocycles. The molecule has 1 saturated heterocycles. The van der Waals surface area contributed by atoms with Gasteiger partial charge in [-0.15, -0.1) is 12.4 Å². The lowest BCUT2D eigenvalue weighted by molar-refractivity contribution is -0.137. The van der Waals surface area contributed by atoms with Crippen LogP contribution in [0.15, 0.2) is 18.2 Å². The van der Waals surface area contributed by atoms with Crippen LogP contribution in [0.25, 0.3) is 0 Å². The molecule has 1 heterocycles. The van der Waals surface area contributed by atoms with E-state index in [4.69, 9.17) is 11.6 Å². The van der Waals surface area contributed by atoms with Crippen molar-refractivity contribution in [1.82, 2.24) is 5.32 Å². The summed E-state index contributed by atoms with van der Waals surface area (Å²) in [4.78, 5) is 0. The van der Waals surface area contributed by atoms with Crippen molar-refractivity contribution in [1.29, 1.82) is 0 Å². The van der Waals surface area contributed by atoms with Gasteiger partial charge in [-0.25, -0.2) is 0 Å². The molecule has 1 fully saturated rings. The van der Waals surface area contributed by atoms with Gasteiger partial charge in [0.25, 0.3) is 0 Å². The van der Waals surface area contributed by atoms with Gasteiger partial charge in [0.15, 0.2) is 0 Å². The van der Waals surface area contributed by atoms with E-state index in [0.29, 0.717) is 0 Å². The van der Waals surface area contributed by atoms with E-state index < -0.39 is 11.7 Å². The zero-order chi connectivity index (χ0) is 11.8. The summed E-state index contributed by atoms with van der Waals surface area (Å²) < 4.78 is 37.4. The normalized spacial score (nSPS) is 20.1. The van der Waals surface area contributed by atoms with Gasteiger partial charge in [0.2, 0.25) is 0 Å². The van der Waals surface area contributed by atoms with Crippen molar-refractivity contribution in [2.75, 3.05) is 13.1 Å². The minimum absolute atomic E-state index is 0. The van der Waals surface area contributed by atoms with Gasteiger partial charge in [-0.05, 0) is 36.6 Å². The Bertz CT molecular complexity index is 387. The third-order valence-corrected chi connectivity index (χ3v) is 3.14. The largest absolute Gasteiger partial charge is 0.417 e. The quantitative estimate of drug-likeness (QED) is 0.826. The molecule has 0 saturated carbocycles. The molecule has 1 unspecified atom stereocenters. The monoisotopic (exact) mass is 285 g/mol. The molecule has 1 nitrogen and oxygen atoms in total. The lowest BCUT2D eigenvalue weighted by atomic mass is 9.97. The van der Waals surface area contributed by atoms with Gasteiger partial charge in [0.05, 0.1) is 10.6 Å². The highest BCUT2D eigenvalue weighted by molar-refractivity contribution is 6.31. The predicted molar refractivity (Wildman–Crippen MR) is 63.9 cm³/mol. The molecule has 0 aromatic heterocycles. The maximum atomic E-state index is 12.5. The molecule has 1 aromatic rings. The van der Waals surface area contributed by atoms with E-state index in [1.807, 2.05) is 0 Å². The van der Waals surface area contributed by atoms with Gasteiger partial charge in [-0.2, -0.15) is 13.2 Å². The molecule has 0 bridgehead atoms. The fraction of sp³-hybridized carbons (Fsp3) is 0.455. The van der Waals surface area contributed by atoms with Crippen LogP contribution >= 0.6 is 24.0 Å². The molecular formula is C11H12Cl2F3N. The fourth-order valence-electron chi connectivity index (χ4n) is 1.95. The second kappa shape index (κ2) is 5.46. The minimum atomic E-state index is -4.37. The van der Waals surface area contributed by atoms with Crippen molar-refractivity contribution in [2.24, 2.45) is 0 Å². The van der Waals surface area contributed by atoms with Crippen LogP contribution in [0.5, 0.6) is 0 Å². The highest BCUT2D eigenvalue weighted by Crippen LogP contribution is 2.36. The summed E-state index contributed by atoms with van der Waals surface area (Å²) in [7, 11) is 0. The number of nitrogens with one attached hydrogen (secondary N) is 1. The van der Waals surface area contributed by atoms with Crippen molar-refractivity contribution in [3.05, 3.63) is 34.3 Å². The highest BCUT2D eigenvalue weighted by Gasteiger charge is 2.33. The molecule has 17 heavy (non-hydrogen) atoms. The summed E-state index contributed by atoms with van der Waals surface area (Å²) in [5.41, 5.74) is 0.117. The molecule has 1 aliphatic heterocycles. The molecule has 0 radical (unpaired) electrons. The predicted octanol–water partition coefficient (Wildman–Crippen LogP) is 3.86. The van der Waals surface area contributed by atoms with Crippen LogP contribution in [0.4, 0.5) is 13.2 Å². The first-order chi connectivity index (χ1) is 7.48. The van der Waals surface area contributed by atoms with Crippen LogP contribution in [0.2, 0.25) is 5.02 Å². The zero-order valence-corrected chi connectivity index (χ0v) is 10.4. The molecular weight excluding hydrogens is 274 g/mol. The van der Waals surface area contributed by atoms with Gasteiger partial charge < -0.3 is 5.32 Å². The molecule has 0 spiro atoms. The number of hydrogen-bond donors (Lipinski definition) is 1. The Morgan fingerprint density at radius 1 is 1.29 bits per heavy atom. The van der Waals surface area contributed by atoms with E-state index >= 15 is 0 Å². The van der Waals surface area contributed by atoms with Crippen LogP contribution in [-0.2, 0) is 6.18 Å². The first kappa shape index (κ1) is 14.6. The van der Waals surface area contributed by atoms with Gasteiger partial charge in [0, 0.05) is 6.54 Å². The Labute approximate surface area is 109 Å². The van der Waals surface area contributed by atoms with Crippen LogP contribution in [0.1, 0.15) is 23.5 Å². The van der Waals surface area contributed by atoms with Crippen molar-refractivity contribution in [2.45, 2.75) is 18.5 Å². The average molecular weight is 286 g/mol. The van der Waals surface area contributed by atoms with Crippen molar-refractivity contribution in [3.8, 4) is 0 Å². The molecule has 6 heteroatoms. The van der Waals surface area contributed by atoms with E-state index in [2.05, 4.69) is 5.32 Å². The molecule has 0 aliphatic carbocycles. The molecule has 96 valence electrons. The lowest BCUT2D eigenvalue weighted by Crippen LogP contribution is -2.09. The number of alkyl halides is 3. The van der Waals surface area contributed by atoms with Crippen molar-refractivity contribution < 1.29 is 13.2 Å². The fourth-order valence-corrected chi connectivity index (χ4v) is 2.25. The zero-order valence-electron chi connectivity index (χ0n) is 8.85. The smallest absolute Gasteiger partial charge is 0.316 e. The summed E-state index contributed by atoms with van der Waals surface area (Å²) in [6.45, 7) is 1.71. The first-order valence-electron chi connectivity index (χ1n) is 5.06. The summed E-state index contributed by atoms with van der Waals surface area (Å²) in [5.74, 6) is 0.278. The van der Waals surface area contributed by atoms with Crippen LogP contribution in [-0.4, -0.2) is 13.1 Å². The second-order valence-corrected chi connectivity index (χ2v) is 4.33. The van der Waals surface area contributed by atoms with E-state index in [1.54, 1.807) is 0 Å². The van der Waals surface area contributed by atoms with Gasteiger partial charge in [0.1, 0.15) is 0 Å². The molecule has 1 atom stereocenters. The van der Waals surface area contributed by atoms with Crippen molar-refractivity contribution >= 4 is 24.0 Å². The summed E-state index contributed by atoms with van der Waals surface area (Å²) >= 11 is 5.65. The Hall–Kier alpha value is -0.450. The Kier molecular flexibility index (Phi) is 4.69. The SMILES string of the molecule is Cl.FC(F)(F)c1ccc(C2CCNC2)cc1Cl. The summed E-state index contributed by atoms with van der Waals surface area (Å²) in [6.07, 6.45) is -3.43. The third kappa shape index (κ3) is 3.27. The van der Waals surface area contributed by atoms with E-state index in [1.165, 1.54) is 12.1 Å². The topological polar surface area (TPSA) is 12.0 Å². The van der Waals surface area contributed by atoms with Gasteiger partial charge in [-0.3, -0.25) is 0 Å². The Morgan fingerprint density at radius 3 is 2.47 bits per heavy atom. The van der Waals surface area contributed by atoms with E-state index in [9.17, 15) is 13.2 Å². The molecule has 1 aliphatic rings. The Morgan fingerprint density at radius 2 is 2.00 bits per heavy atom. The van der Waals surface area contributed by atoms with Gasteiger partial charge in [-0.1, -0.05) is 17.7 Å². The van der Waals surface area contributed by atoms with Crippen molar-refractivity contribution in [3.63, 3.8) is 0 Å². The maximum Gasteiger partial charge on any atom is 0.417 e. The number of halogens is 5. The van der Waals surface area contributed by atoms with E-state index in [-0.39, 0.29) is 23.3 Å². The minimum Gasteiger partial charge on any atom is -0.316 e. The lowest BCUT2D eigenvalue weighted by Gasteiger charge is -2.13. The first-order valence-corrected chi connectivity index (χ1v) is 5.43. The number of rotatable bonds is 1. The summed E-state index contributed by atoms with van der Waals surface area (Å²) in [6, 6.07) is 4.02. The highest BCUT2D eigenvalue weighted by atomic mass is 35.5. The number of benzene rings is 1. The molecule has 1 N–H and O–H groups in total. The number of hydrogen-bond acceptors (Lipinski definition) is 1. The average Bonchev–Trinajstić information content (AvgIpc) is 2.68.